The normalized spacial score (nSPS) is 11.6. The molecule has 2 amide bonds. The lowest BCUT2D eigenvalue weighted by Gasteiger charge is -2.20. The van der Waals surface area contributed by atoms with Crippen molar-refractivity contribution in [1.82, 2.24) is 0 Å². The molecule has 0 fully saturated rings. The lowest BCUT2D eigenvalue weighted by atomic mass is 10.00. The van der Waals surface area contributed by atoms with Crippen molar-refractivity contribution in [3.8, 4) is 33.4 Å². The summed E-state index contributed by atoms with van der Waals surface area (Å²) in [6.45, 7) is 16.3. The number of rotatable bonds is 21. The van der Waals surface area contributed by atoms with Gasteiger partial charge in [0, 0.05) is 65.7 Å². The molecule has 14 nitrogen and oxygen atoms in total. The Morgan fingerprint density at radius 1 is 0.448 bits per heavy atom. The number of carboxylic acids is 2. The quantitative estimate of drug-likeness (QED) is 0.0257. The summed E-state index contributed by atoms with van der Waals surface area (Å²) in [6, 6.07) is 60.6. The number of nitrogens with one attached hydrogen (secondary N) is 2. The Bertz CT molecular complexity index is 4290. The number of benzene rings is 7. The molecule has 0 saturated heterocycles. The number of anilines is 3. The Morgan fingerprint density at radius 3 is 1.07 bits per heavy atom. The number of amides is 2. The monoisotopic (exact) mass is 1600 g/mol. The first-order valence-electron chi connectivity index (χ1n) is 32.8. The fourth-order valence-electron chi connectivity index (χ4n) is 9.72. The number of hydrogen-bond acceptors (Lipinski definition) is 13. The molecule has 0 saturated carbocycles. The van der Waals surface area contributed by atoms with Crippen LogP contribution in [0.4, 0.5) is 15.0 Å². The lowest BCUT2D eigenvalue weighted by Crippen LogP contribution is -2.26. The van der Waals surface area contributed by atoms with Gasteiger partial charge in [0.15, 0.2) is 0 Å². The van der Waals surface area contributed by atoms with Gasteiger partial charge in [-0.05, 0) is 147 Å². The second-order valence-electron chi connectivity index (χ2n) is 25.0. The maximum Gasteiger partial charge on any atom is 0.342 e. The summed E-state index contributed by atoms with van der Waals surface area (Å²) >= 11 is 36.5. The van der Waals surface area contributed by atoms with Gasteiger partial charge in [0.2, 0.25) is 17.1 Å². The molecule has 4 unspecified atom stereocenters. The Kier molecular flexibility index (Phi) is 38.4. The van der Waals surface area contributed by atoms with E-state index in [1.807, 2.05) is 212 Å². The van der Waals surface area contributed by atoms with Crippen LogP contribution in [-0.2, 0) is 54.3 Å². The zero-order valence-electron chi connectivity index (χ0n) is 58.8. The van der Waals surface area contributed by atoms with Crippen LogP contribution in [-0.4, -0.2) is 68.2 Å². The zero-order chi connectivity index (χ0) is 76.6. The van der Waals surface area contributed by atoms with Crippen LogP contribution in [0.15, 0.2) is 210 Å². The van der Waals surface area contributed by atoms with E-state index < -0.39 is 29.5 Å². The van der Waals surface area contributed by atoms with Crippen LogP contribution in [0.3, 0.4) is 0 Å². The Balaban J connectivity index is 0.000000287. The van der Waals surface area contributed by atoms with E-state index in [1.165, 1.54) is 34.0 Å². The van der Waals surface area contributed by atoms with Crippen molar-refractivity contribution >= 4 is 160 Å². The Hall–Kier alpha value is -8.33. The van der Waals surface area contributed by atoms with Gasteiger partial charge in [0.05, 0.1) is 17.4 Å². The second kappa shape index (κ2) is 45.2. The van der Waals surface area contributed by atoms with E-state index in [9.17, 15) is 38.7 Å². The molecule has 0 aliphatic carbocycles. The Labute approximate surface area is 657 Å². The first kappa shape index (κ1) is 89.1. The number of nitrogen functional groups attached to an aromatic ring is 1. The number of carboxylic acid groups (broad SMARTS) is 2. The highest BCUT2D eigenvalue weighted by Crippen LogP contribution is 2.40. The summed E-state index contributed by atoms with van der Waals surface area (Å²) in [5.74, 6) is -3.94. The zero-order valence-corrected chi connectivity index (χ0v) is 65.8. The maximum atomic E-state index is 13.1. The number of alkyl halides is 2. The van der Waals surface area contributed by atoms with Crippen molar-refractivity contribution in [2.24, 2.45) is 23.7 Å². The average molecular weight is 1600 g/mol. The first-order valence-corrected chi connectivity index (χ1v) is 38.0. The number of esters is 2. The number of carbonyl (C=O) groups excluding carboxylic acids is 5. The minimum Gasteiger partial charge on any atom is -0.481 e. The number of thiophene rings is 3. The minimum atomic E-state index is -1.08. The van der Waals surface area contributed by atoms with E-state index in [0.717, 1.165) is 50.9 Å². The highest BCUT2D eigenvalue weighted by Gasteiger charge is 2.29. The SMILES string of the molecule is C.CC(C)OC(=O)c1c(-c2ccc(Cl)cc2)csc1N.CC(Cc1ccccc1)C(=O)Cl.CC(Cc1ccccc1)C(=O)Nc1scc(-c2ccc(Cl)cc2)c1C(=O)O.CC(Cc1ccccc1)C(=O)Nc1scc(-c2ccc(Cl)cc2)c1C(=O)OC(C)(C)C.CC(Cc1ccccc1)C(=O)O.ClCCl. The third-order valence-corrected chi connectivity index (χ3v) is 18.7. The average Bonchev–Trinajstić information content (AvgIpc) is 1.69. The number of hydrogen-bond donors (Lipinski definition) is 5. The van der Waals surface area contributed by atoms with Crippen LogP contribution < -0.4 is 16.4 Å². The third-order valence-electron chi connectivity index (χ3n) is 14.9. The van der Waals surface area contributed by atoms with Crippen LogP contribution in [0.2, 0.25) is 15.1 Å². The van der Waals surface area contributed by atoms with E-state index >= 15 is 0 Å². The number of carbonyl (C=O) groups is 7. The van der Waals surface area contributed by atoms with Crippen molar-refractivity contribution in [3.05, 3.63) is 264 Å². The van der Waals surface area contributed by atoms with Crippen LogP contribution >= 0.6 is 104 Å². The summed E-state index contributed by atoms with van der Waals surface area (Å²) in [4.78, 5) is 83.6. The summed E-state index contributed by atoms with van der Waals surface area (Å²) in [7, 11) is 0. The predicted octanol–water partition coefficient (Wildman–Crippen LogP) is 23.3. The molecule has 10 aromatic rings. The molecular weight excluding hydrogens is 1510 g/mol. The smallest absolute Gasteiger partial charge is 0.342 e. The molecule has 105 heavy (non-hydrogen) atoms. The number of aromatic carboxylic acids is 1. The van der Waals surface area contributed by atoms with Gasteiger partial charge < -0.3 is 36.1 Å². The fourth-order valence-corrected chi connectivity index (χ4v) is 12.9. The molecule has 10 rings (SSSR count). The van der Waals surface area contributed by atoms with Gasteiger partial charge in [-0.1, -0.05) is 228 Å². The molecule has 0 bridgehead atoms. The van der Waals surface area contributed by atoms with Crippen molar-refractivity contribution in [2.75, 3.05) is 21.7 Å². The maximum absolute atomic E-state index is 13.1. The van der Waals surface area contributed by atoms with Crippen LogP contribution in [0.25, 0.3) is 33.4 Å². The van der Waals surface area contributed by atoms with E-state index in [1.54, 1.807) is 60.8 Å². The molecule has 0 aliphatic heterocycles. The van der Waals surface area contributed by atoms with Gasteiger partial charge in [-0.25, -0.2) is 14.4 Å². The number of nitrogens with two attached hydrogens (primary N) is 1. The topological polar surface area (TPSA) is 228 Å². The van der Waals surface area contributed by atoms with Crippen molar-refractivity contribution in [2.45, 2.75) is 107 Å². The summed E-state index contributed by atoms with van der Waals surface area (Å²) in [6.07, 6.45) is 2.36. The molecule has 3 heterocycles. The standard InChI is InChI=1S/C25H26ClNO3S.C21H18ClNO3S.C14H14ClNO2S.C10H11ClO.C10H12O2.CH2Cl2.CH4/c1-16(14-17-8-6-5-7-9-17)22(28)27-23-21(24(29)30-25(2,3)4)20(15-31-23)18-10-12-19(26)13-11-18;1-13(11-14-5-3-2-4-6-14)19(24)23-20-18(21(25)26)17(12-27-20)15-7-9-16(22)10-8-15;1-8(2)18-14(17)12-11(7-19-13(12)16)9-3-5-10(15)6-4-9;2*1-8(10(11)12)7-9-5-3-2-4-6-9;2-1-3;/h5-13,15-16H,14H2,1-4H3,(H,27,28);2-10,12-13H,11H2,1H3,(H,23,24)(H,25,26);3-8H,16H2,1-2H3;2-6,8H,7H2,1H3;2-6,8H,7H2,1H3,(H,11,12);1H2;1H4. The van der Waals surface area contributed by atoms with Crippen LogP contribution in [0.5, 0.6) is 0 Å². The number of ether oxygens (including phenoxy) is 2. The van der Waals surface area contributed by atoms with Gasteiger partial charge in [-0.2, -0.15) is 0 Å². The predicted molar refractivity (Wildman–Crippen MR) is 438 cm³/mol. The van der Waals surface area contributed by atoms with E-state index in [2.05, 4.69) is 10.6 Å². The molecule has 556 valence electrons. The highest BCUT2D eigenvalue weighted by molar-refractivity contribution is 7.16. The second-order valence-corrected chi connectivity index (χ2v) is 30.1. The molecule has 3 aromatic heterocycles. The molecule has 4 atom stereocenters. The minimum absolute atomic E-state index is 0. The molecule has 6 N–H and O–H groups in total. The third kappa shape index (κ3) is 30.6. The summed E-state index contributed by atoms with van der Waals surface area (Å²) < 4.78 is 10.9. The van der Waals surface area contributed by atoms with Gasteiger partial charge >= 0.3 is 23.9 Å². The van der Waals surface area contributed by atoms with Crippen molar-refractivity contribution in [1.29, 1.82) is 0 Å². The Morgan fingerprint density at radius 2 is 0.752 bits per heavy atom. The number of halogens is 6. The fraction of sp³-hybridized carbons (Fsp3) is 0.256. The lowest BCUT2D eigenvalue weighted by molar-refractivity contribution is -0.141. The highest BCUT2D eigenvalue weighted by atomic mass is 35.5. The molecule has 0 aliphatic rings. The van der Waals surface area contributed by atoms with Gasteiger partial charge in [0.1, 0.15) is 37.3 Å². The van der Waals surface area contributed by atoms with Gasteiger partial charge in [0.25, 0.3) is 0 Å². The van der Waals surface area contributed by atoms with E-state index in [4.69, 9.17) is 89.9 Å². The van der Waals surface area contributed by atoms with E-state index in [-0.39, 0.29) is 65.2 Å². The van der Waals surface area contributed by atoms with Gasteiger partial charge in [-0.15, -0.1) is 57.2 Å². The molecule has 23 heteroatoms. The molecule has 0 radical (unpaired) electrons. The van der Waals surface area contributed by atoms with Crippen LogP contribution in [0.1, 0.15) is 123 Å². The molecular formula is C82H87Cl6N3O11S3. The van der Waals surface area contributed by atoms with Crippen molar-refractivity contribution in [3.63, 3.8) is 0 Å². The largest absolute Gasteiger partial charge is 0.481 e. The summed E-state index contributed by atoms with van der Waals surface area (Å²) in [5.41, 5.74) is 15.0. The van der Waals surface area contributed by atoms with Gasteiger partial charge in [-0.3, -0.25) is 19.2 Å². The van der Waals surface area contributed by atoms with Crippen LogP contribution in [0, 0.1) is 23.7 Å². The van der Waals surface area contributed by atoms with E-state index in [0.29, 0.717) is 71.6 Å². The molecule has 7 aromatic carbocycles. The number of aliphatic carboxylic acids is 1. The first-order chi connectivity index (χ1) is 49.4. The summed E-state index contributed by atoms with van der Waals surface area (Å²) in [5, 5.41) is 32.6. The molecule has 0 spiro atoms. The van der Waals surface area contributed by atoms with Crippen molar-refractivity contribution < 1.29 is 53.2 Å².